The van der Waals surface area contributed by atoms with Gasteiger partial charge in [0, 0.05) is 9.13 Å². The highest BCUT2D eigenvalue weighted by Crippen LogP contribution is 2.17. The average molecular weight is 327 g/mol. The van der Waals surface area contributed by atoms with E-state index in [0.29, 0.717) is 17.9 Å². The van der Waals surface area contributed by atoms with Crippen molar-refractivity contribution in [3.8, 4) is 6.07 Å². The maximum Gasteiger partial charge on any atom is 0.179 e. The van der Waals surface area contributed by atoms with Crippen LogP contribution in [0, 0.1) is 26.7 Å². The number of Topliss-reactive ketones (excluding diaryl/α,β-unsaturated/α-hetero) is 1. The van der Waals surface area contributed by atoms with Gasteiger partial charge in [-0.2, -0.15) is 5.26 Å². The topological polar surface area (TPSA) is 40.9 Å². The van der Waals surface area contributed by atoms with Gasteiger partial charge in [0.15, 0.2) is 5.78 Å². The third kappa shape index (κ3) is 3.60. The molecule has 0 saturated heterocycles. The molecule has 0 aromatic heterocycles. The number of ketones is 1. The fraction of sp³-hybridized carbons (Fsp3) is 0.385. The van der Waals surface area contributed by atoms with E-state index in [0.717, 1.165) is 3.57 Å². The molecule has 3 heteroatoms. The first-order valence-corrected chi connectivity index (χ1v) is 6.32. The normalized spacial score (nSPS) is 12.2. The summed E-state index contributed by atoms with van der Waals surface area (Å²) in [7, 11) is 0. The fourth-order valence-corrected chi connectivity index (χ4v) is 1.86. The molecule has 0 N–H and O–H groups in total. The number of hydrogen-bond donors (Lipinski definition) is 0. The van der Waals surface area contributed by atoms with Gasteiger partial charge in [0.25, 0.3) is 0 Å². The zero-order valence-corrected chi connectivity index (χ0v) is 11.6. The van der Waals surface area contributed by atoms with E-state index in [4.69, 9.17) is 5.26 Å². The van der Waals surface area contributed by atoms with E-state index in [1.54, 1.807) is 12.1 Å². The predicted octanol–water partition coefficient (Wildman–Crippen LogP) is 3.66. The van der Waals surface area contributed by atoms with E-state index >= 15 is 0 Å². The number of halogens is 1. The molecule has 0 aliphatic heterocycles. The molecule has 0 aliphatic rings. The predicted molar refractivity (Wildman–Crippen MR) is 72.0 cm³/mol. The molecule has 84 valence electrons. The number of hydrogen-bond acceptors (Lipinski definition) is 2. The van der Waals surface area contributed by atoms with Gasteiger partial charge in [-0.3, -0.25) is 4.79 Å². The van der Waals surface area contributed by atoms with Crippen molar-refractivity contribution in [1.82, 2.24) is 0 Å². The average Bonchev–Trinajstić information content (AvgIpc) is 2.25. The van der Waals surface area contributed by atoms with Gasteiger partial charge in [-0.15, -0.1) is 0 Å². The molecule has 1 atom stereocenters. The third-order valence-electron chi connectivity index (χ3n) is 2.31. The highest BCUT2D eigenvalue weighted by Gasteiger charge is 2.20. The van der Waals surface area contributed by atoms with Crippen molar-refractivity contribution in [3.05, 3.63) is 33.4 Å². The van der Waals surface area contributed by atoms with Gasteiger partial charge in [0.1, 0.15) is 5.92 Å². The maximum atomic E-state index is 12.0. The molecule has 1 aromatic rings. The first-order chi connectivity index (χ1) is 7.54. The van der Waals surface area contributed by atoms with Crippen LogP contribution in [0.1, 0.15) is 30.6 Å². The summed E-state index contributed by atoms with van der Waals surface area (Å²) < 4.78 is 1.09. The summed E-state index contributed by atoms with van der Waals surface area (Å²) in [5.74, 6) is -0.217. The summed E-state index contributed by atoms with van der Waals surface area (Å²) in [5, 5.41) is 8.99. The summed E-state index contributed by atoms with van der Waals surface area (Å²) in [6.07, 6.45) is 0.626. The monoisotopic (exact) mass is 327 g/mol. The Morgan fingerprint density at radius 2 is 1.94 bits per heavy atom. The van der Waals surface area contributed by atoms with Crippen molar-refractivity contribution >= 4 is 28.4 Å². The molecule has 1 rings (SSSR count). The molecule has 0 aliphatic carbocycles. The number of carbonyl (C=O) groups excluding carboxylic acids is 1. The van der Waals surface area contributed by atoms with E-state index < -0.39 is 5.92 Å². The Morgan fingerprint density at radius 3 is 2.38 bits per heavy atom. The van der Waals surface area contributed by atoms with Gasteiger partial charge in [-0.25, -0.2) is 0 Å². The van der Waals surface area contributed by atoms with E-state index in [2.05, 4.69) is 28.7 Å². The first-order valence-electron chi connectivity index (χ1n) is 5.24. The SMILES string of the molecule is CC(C)CC(C#N)C(=O)c1ccc(I)cc1. The molecule has 0 fully saturated rings. The summed E-state index contributed by atoms with van der Waals surface area (Å²) in [6.45, 7) is 4.04. The van der Waals surface area contributed by atoms with E-state index in [1.165, 1.54) is 0 Å². The number of nitriles is 1. The van der Waals surface area contributed by atoms with E-state index in [9.17, 15) is 4.79 Å². The lowest BCUT2D eigenvalue weighted by Crippen LogP contribution is -2.15. The Kier molecular flexibility index (Phi) is 4.94. The van der Waals surface area contributed by atoms with Crippen molar-refractivity contribution in [2.24, 2.45) is 11.8 Å². The summed E-state index contributed by atoms with van der Waals surface area (Å²) in [4.78, 5) is 12.0. The third-order valence-corrected chi connectivity index (χ3v) is 3.03. The Labute approximate surface area is 110 Å². The minimum atomic E-state index is -0.514. The van der Waals surface area contributed by atoms with Gasteiger partial charge in [0.2, 0.25) is 0 Å². The van der Waals surface area contributed by atoms with Crippen LogP contribution in [0.4, 0.5) is 0 Å². The standard InChI is InChI=1S/C13H14INO/c1-9(2)7-11(8-15)13(16)10-3-5-12(14)6-4-10/h3-6,9,11H,7H2,1-2H3. The van der Waals surface area contributed by atoms with Crippen LogP contribution in [0.3, 0.4) is 0 Å². The van der Waals surface area contributed by atoms with Crippen LogP contribution < -0.4 is 0 Å². The second kappa shape index (κ2) is 6.00. The molecule has 0 amide bonds. The number of benzene rings is 1. The molecular formula is C13H14INO. The van der Waals surface area contributed by atoms with Gasteiger partial charge in [-0.1, -0.05) is 26.0 Å². The molecule has 0 heterocycles. The Balaban J connectivity index is 2.84. The summed E-state index contributed by atoms with van der Waals surface area (Å²) in [6, 6.07) is 9.44. The van der Waals surface area contributed by atoms with Gasteiger partial charge in [0.05, 0.1) is 6.07 Å². The molecule has 16 heavy (non-hydrogen) atoms. The second-order valence-electron chi connectivity index (χ2n) is 4.18. The summed E-state index contributed by atoms with van der Waals surface area (Å²) in [5.41, 5.74) is 0.632. The van der Waals surface area contributed by atoms with Gasteiger partial charge >= 0.3 is 0 Å². The zero-order chi connectivity index (χ0) is 12.1. The zero-order valence-electron chi connectivity index (χ0n) is 9.40. The van der Waals surface area contributed by atoms with Crippen LogP contribution in [-0.4, -0.2) is 5.78 Å². The van der Waals surface area contributed by atoms with E-state index in [1.807, 2.05) is 26.0 Å². The smallest absolute Gasteiger partial charge is 0.179 e. The minimum absolute atomic E-state index is 0.0624. The Hall–Kier alpha value is -0.890. The minimum Gasteiger partial charge on any atom is -0.293 e. The van der Waals surface area contributed by atoms with Crippen LogP contribution in [0.5, 0.6) is 0 Å². The lowest BCUT2D eigenvalue weighted by Gasteiger charge is -2.10. The van der Waals surface area contributed by atoms with Crippen molar-refractivity contribution in [2.45, 2.75) is 20.3 Å². The van der Waals surface area contributed by atoms with E-state index in [-0.39, 0.29) is 5.78 Å². The molecule has 0 bridgehead atoms. The Morgan fingerprint density at radius 1 is 1.38 bits per heavy atom. The van der Waals surface area contributed by atoms with Gasteiger partial charge in [-0.05, 0) is 47.1 Å². The molecule has 0 radical (unpaired) electrons. The molecule has 1 aromatic carbocycles. The van der Waals surface area contributed by atoms with Crippen molar-refractivity contribution < 1.29 is 4.79 Å². The highest BCUT2D eigenvalue weighted by atomic mass is 127. The largest absolute Gasteiger partial charge is 0.293 e. The number of rotatable bonds is 4. The fourth-order valence-electron chi connectivity index (χ4n) is 1.51. The lowest BCUT2D eigenvalue weighted by atomic mass is 9.91. The molecule has 0 saturated carbocycles. The van der Waals surface area contributed by atoms with Crippen LogP contribution >= 0.6 is 22.6 Å². The highest BCUT2D eigenvalue weighted by molar-refractivity contribution is 14.1. The number of carbonyl (C=O) groups is 1. The lowest BCUT2D eigenvalue weighted by molar-refractivity contribution is 0.0937. The van der Waals surface area contributed by atoms with Crippen molar-refractivity contribution in [1.29, 1.82) is 5.26 Å². The Bertz CT molecular complexity index is 403. The van der Waals surface area contributed by atoms with Crippen molar-refractivity contribution in [2.75, 3.05) is 0 Å². The van der Waals surface area contributed by atoms with Crippen LogP contribution in [0.25, 0.3) is 0 Å². The quantitative estimate of drug-likeness (QED) is 0.625. The molecular weight excluding hydrogens is 313 g/mol. The number of nitrogens with zero attached hydrogens (tertiary/aromatic N) is 1. The molecule has 0 spiro atoms. The van der Waals surface area contributed by atoms with Crippen LogP contribution in [-0.2, 0) is 0 Å². The molecule has 2 nitrogen and oxygen atoms in total. The first kappa shape index (κ1) is 13.2. The molecule has 1 unspecified atom stereocenters. The van der Waals surface area contributed by atoms with Gasteiger partial charge < -0.3 is 0 Å². The maximum absolute atomic E-state index is 12.0. The van der Waals surface area contributed by atoms with Crippen LogP contribution in [0.15, 0.2) is 24.3 Å². The second-order valence-corrected chi connectivity index (χ2v) is 5.43. The van der Waals surface area contributed by atoms with Crippen LogP contribution in [0.2, 0.25) is 0 Å². The summed E-state index contributed by atoms with van der Waals surface area (Å²) >= 11 is 2.19. The van der Waals surface area contributed by atoms with Crippen molar-refractivity contribution in [3.63, 3.8) is 0 Å².